The van der Waals surface area contributed by atoms with Crippen LogP contribution in [-0.2, 0) is 6.54 Å². The summed E-state index contributed by atoms with van der Waals surface area (Å²) in [6.07, 6.45) is 1.65. The lowest BCUT2D eigenvalue weighted by Gasteiger charge is -2.13. The van der Waals surface area contributed by atoms with Crippen LogP contribution in [0.4, 0.5) is 0 Å². The smallest absolute Gasteiger partial charge is 0.322 e. The third-order valence-corrected chi connectivity index (χ3v) is 3.19. The zero-order chi connectivity index (χ0) is 13.8. The van der Waals surface area contributed by atoms with Gasteiger partial charge in [0.05, 0.1) is 5.69 Å². The second-order valence-electron chi connectivity index (χ2n) is 4.47. The molecule has 0 bridgehead atoms. The Morgan fingerprint density at radius 3 is 2.79 bits per heavy atom. The van der Waals surface area contributed by atoms with Crippen LogP contribution in [0.1, 0.15) is 31.0 Å². The normalized spacial score (nSPS) is 10.8. The molecule has 2 aromatic rings. The number of aromatic nitrogens is 2. The van der Waals surface area contributed by atoms with Gasteiger partial charge in [-0.25, -0.2) is 4.98 Å². The number of ether oxygens (including phenoxy) is 1. The molecule has 2 rings (SSSR count). The van der Waals surface area contributed by atoms with Gasteiger partial charge in [0.1, 0.15) is 5.75 Å². The SMILES string of the molecule is CC(C)c1cc(Br)ccc1Oc1nccc(CN)n1. The van der Waals surface area contributed by atoms with Crippen molar-refractivity contribution in [2.45, 2.75) is 26.3 Å². The van der Waals surface area contributed by atoms with Crippen molar-refractivity contribution in [2.24, 2.45) is 5.73 Å². The summed E-state index contributed by atoms with van der Waals surface area (Å²) < 4.78 is 6.80. The number of benzene rings is 1. The van der Waals surface area contributed by atoms with Crippen molar-refractivity contribution in [3.63, 3.8) is 0 Å². The first kappa shape index (κ1) is 14.0. The minimum atomic E-state index is 0.326. The van der Waals surface area contributed by atoms with Gasteiger partial charge in [0.25, 0.3) is 0 Å². The Labute approximate surface area is 121 Å². The van der Waals surface area contributed by atoms with Gasteiger partial charge in [-0.15, -0.1) is 0 Å². The summed E-state index contributed by atoms with van der Waals surface area (Å²) in [5, 5.41) is 0. The maximum absolute atomic E-state index is 5.77. The fourth-order valence-electron chi connectivity index (χ4n) is 1.70. The van der Waals surface area contributed by atoms with Crippen LogP contribution in [0, 0.1) is 0 Å². The second kappa shape index (κ2) is 6.12. The minimum Gasteiger partial charge on any atom is -0.424 e. The average Bonchev–Trinajstić information content (AvgIpc) is 2.41. The van der Waals surface area contributed by atoms with Crippen LogP contribution in [0.15, 0.2) is 34.9 Å². The van der Waals surface area contributed by atoms with Crippen molar-refractivity contribution in [1.82, 2.24) is 9.97 Å². The molecule has 0 aliphatic carbocycles. The Bertz CT molecular complexity index is 572. The predicted octanol–water partition coefficient (Wildman–Crippen LogP) is 3.61. The zero-order valence-electron chi connectivity index (χ0n) is 10.9. The molecule has 5 heteroatoms. The summed E-state index contributed by atoms with van der Waals surface area (Å²) in [6.45, 7) is 4.61. The molecule has 0 fully saturated rings. The van der Waals surface area contributed by atoms with Crippen molar-refractivity contribution in [2.75, 3.05) is 0 Å². The quantitative estimate of drug-likeness (QED) is 0.934. The van der Waals surface area contributed by atoms with Gasteiger partial charge in [0.2, 0.25) is 0 Å². The van der Waals surface area contributed by atoms with E-state index in [9.17, 15) is 0 Å². The maximum atomic E-state index is 5.77. The van der Waals surface area contributed by atoms with Gasteiger partial charge < -0.3 is 10.5 Å². The van der Waals surface area contributed by atoms with Crippen LogP contribution < -0.4 is 10.5 Å². The van der Waals surface area contributed by atoms with Crippen LogP contribution in [-0.4, -0.2) is 9.97 Å². The topological polar surface area (TPSA) is 61.0 Å². The number of halogens is 1. The molecule has 2 N–H and O–H groups in total. The van der Waals surface area contributed by atoms with E-state index < -0.39 is 0 Å². The molecule has 0 saturated carbocycles. The number of hydrogen-bond donors (Lipinski definition) is 1. The number of rotatable bonds is 4. The molecule has 0 amide bonds. The fraction of sp³-hybridized carbons (Fsp3) is 0.286. The summed E-state index contributed by atoms with van der Waals surface area (Å²) in [6, 6.07) is 8.00. The van der Waals surface area contributed by atoms with Crippen LogP contribution in [0.2, 0.25) is 0 Å². The first-order valence-corrected chi connectivity index (χ1v) is 6.88. The molecule has 0 atom stereocenters. The van der Waals surface area contributed by atoms with E-state index in [1.165, 1.54) is 0 Å². The van der Waals surface area contributed by atoms with E-state index in [0.717, 1.165) is 21.5 Å². The lowest BCUT2D eigenvalue weighted by Crippen LogP contribution is -2.02. The summed E-state index contributed by atoms with van der Waals surface area (Å²) in [4.78, 5) is 8.34. The van der Waals surface area contributed by atoms with Crippen molar-refractivity contribution in [3.8, 4) is 11.8 Å². The van der Waals surface area contributed by atoms with Gasteiger partial charge in [-0.05, 0) is 35.7 Å². The Hall–Kier alpha value is -1.46. The van der Waals surface area contributed by atoms with Crippen LogP contribution in [0.5, 0.6) is 11.8 Å². The van der Waals surface area contributed by atoms with E-state index in [2.05, 4.69) is 39.7 Å². The first-order chi connectivity index (χ1) is 9.10. The van der Waals surface area contributed by atoms with Gasteiger partial charge in [0.15, 0.2) is 0 Å². The van der Waals surface area contributed by atoms with Gasteiger partial charge in [-0.3, -0.25) is 0 Å². The zero-order valence-corrected chi connectivity index (χ0v) is 12.5. The Kier molecular flexibility index (Phi) is 4.50. The molecule has 4 nitrogen and oxygen atoms in total. The van der Waals surface area contributed by atoms with Crippen molar-refractivity contribution in [3.05, 3.63) is 46.2 Å². The lowest BCUT2D eigenvalue weighted by molar-refractivity contribution is 0.432. The van der Waals surface area contributed by atoms with E-state index in [-0.39, 0.29) is 0 Å². The molecule has 0 spiro atoms. The van der Waals surface area contributed by atoms with E-state index in [4.69, 9.17) is 10.5 Å². The summed E-state index contributed by atoms with van der Waals surface area (Å²) in [5.41, 5.74) is 7.42. The van der Waals surface area contributed by atoms with E-state index in [0.29, 0.717) is 18.5 Å². The Balaban J connectivity index is 2.32. The predicted molar refractivity (Wildman–Crippen MR) is 78.2 cm³/mol. The molecular formula is C14H16BrN3O. The third kappa shape index (κ3) is 3.52. The molecule has 0 radical (unpaired) electrons. The van der Waals surface area contributed by atoms with Crippen molar-refractivity contribution >= 4 is 15.9 Å². The van der Waals surface area contributed by atoms with Crippen molar-refractivity contribution in [1.29, 1.82) is 0 Å². The minimum absolute atomic E-state index is 0.326. The lowest BCUT2D eigenvalue weighted by atomic mass is 10.0. The Morgan fingerprint density at radius 1 is 1.32 bits per heavy atom. The highest BCUT2D eigenvalue weighted by atomic mass is 79.9. The molecule has 0 saturated heterocycles. The molecule has 100 valence electrons. The number of nitrogens with zero attached hydrogens (tertiary/aromatic N) is 2. The molecule has 0 aliphatic rings. The second-order valence-corrected chi connectivity index (χ2v) is 5.39. The van der Waals surface area contributed by atoms with Gasteiger partial charge in [-0.1, -0.05) is 29.8 Å². The maximum Gasteiger partial charge on any atom is 0.322 e. The molecule has 1 heterocycles. The molecule has 1 aromatic carbocycles. The van der Waals surface area contributed by atoms with Gasteiger partial charge in [0, 0.05) is 17.2 Å². The molecular weight excluding hydrogens is 306 g/mol. The summed E-state index contributed by atoms with van der Waals surface area (Å²) >= 11 is 3.47. The monoisotopic (exact) mass is 321 g/mol. The van der Waals surface area contributed by atoms with Crippen molar-refractivity contribution < 1.29 is 4.74 Å². The summed E-state index contributed by atoms with van der Waals surface area (Å²) in [5.74, 6) is 1.12. The molecule has 0 aliphatic heterocycles. The third-order valence-electron chi connectivity index (χ3n) is 2.70. The van der Waals surface area contributed by atoms with Gasteiger partial charge in [-0.2, -0.15) is 4.98 Å². The standard InChI is InChI=1S/C14H16BrN3O/c1-9(2)12-7-10(15)3-4-13(12)19-14-17-6-5-11(8-16)18-14/h3-7,9H,8,16H2,1-2H3. The Morgan fingerprint density at radius 2 is 2.11 bits per heavy atom. The number of hydrogen-bond acceptors (Lipinski definition) is 4. The fourth-order valence-corrected chi connectivity index (χ4v) is 2.08. The highest BCUT2D eigenvalue weighted by Gasteiger charge is 2.11. The molecule has 1 aromatic heterocycles. The van der Waals surface area contributed by atoms with Gasteiger partial charge >= 0.3 is 6.01 Å². The van der Waals surface area contributed by atoms with Crippen LogP contribution in [0.25, 0.3) is 0 Å². The highest BCUT2D eigenvalue weighted by Crippen LogP contribution is 2.31. The largest absolute Gasteiger partial charge is 0.424 e. The van der Waals surface area contributed by atoms with E-state index >= 15 is 0 Å². The molecule has 19 heavy (non-hydrogen) atoms. The summed E-state index contributed by atoms with van der Waals surface area (Å²) in [7, 11) is 0. The molecule has 0 unspecified atom stereocenters. The average molecular weight is 322 g/mol. The number of nitrogens with two attached hydrogens (primary N) is 1. The van der Waals surface area contributed by atoms with Crippen LogP contribution >= 0.6 is 15.9 Å². The first-order valence-electron chi connectivity index (χ1n) is 6.09. The van der Waals surface area contributed by atoms with Crippen LogP contribution in [0.3, 0.4) is 0 Å². The van der Waals surface area contributed by atoms with E-state index in [1.807, 2.05) is 18.2 Å². The highest BCUT2D eigenvalue weighted by molar-refractivity contribution is 9.10. The van der Waals surface area contributed by atoms with E-state index in [1.54, 1.807) is 12.3 Å².